The number of carbonyl (C=O) groups is 2. The van der Waals surface area contributed by atoms with Crippen LogP contribution >= 0.6 is 0 Å². The Bertz CT molecular complexity index is 1070. The van der Waals surface area contributed by atoms with Crippen molar-refractivity contribution in [3.63, 3.8) is 0 Å². The number of aromatic nitrogens is 2. The summed E-state index contributed by atoms with van der Waals surface area (Å²) >= 11 is 0. The van der Waals surface area contributed by atoms with Gasteiger partial charge in [0.25, 0.3) is 5.91 Å². The van der Waals surface area contributed by atoms with E-state index < -0.39 is 5.97 Å². The lowest BCUT2D eigenvalue weighted by molar-refractivity contribution is -0.152. The molecule has 0 bridgehead atoms. The third-order valence-corrected chi connectivity index (χ3v) is 4.87. The lowest BCUT2D eigenvalue weighted by Crippen LogP contribution is -2.43. The van der Waals surface area contributed by atoms with E-state index >= 15 is 0 Å². The Kier molecular flexibility index (Phi) is 6.64. The zero-order valence-corrected chi connectivity index (χ0v) is 17.6. The Balaban J connectivity index is 1.18. The number of rotatable bonds is 8. The van der Waals surface area contributed by atoms with Gasteiger partial charge in [0.2, 0.25) is 11.7 Å². The van der Waals surface area contributed by atoms with Crippen LogP contribution in [0.3, 0.4) is 0 Å². The van der Waals surface area contributed by atoms with E-state index in [1.54, 1.807) is 7.05 Å². The molecule has 0 saturated heterocycles. The average molecular weight is 437 g/mol. The second kappa shape index (κ2) is 9.95. The van der Waals surface area contributed by atoms with E-state index in [2.05, 4.69) is 10.1 Å². The van der Waals surface area contributed by atoms with Crippen molar-refractivity contribution in [3.8, 4) is 22.9 Å². The first-order valence-electron chi connectivity index (χ1n) is 10.2. The van der Waals surface area contributed by atoms with E-state index in [0.29, 0.717) is 36.4 Å². The van der Waals surface area contributed by atoms with Gasteiger partial charge in [-0.05, 0) is 12.1 Å². The second-order valence-corrected chi connectivity index (χ2v) is 7.31. The van der Waals surface area contributed by atoms with Gasteiger partial charge in [-0.1, -0.05) is 47.6 Å². The SMILES string of the molecule is CN(CC1COc2ccccc2O1)C(=O)COC(=O)CCc1nc(-c2ccccc2)no1. The van der Waals surface area contributed by atoms with Crippen molar-refractivity contribution in [2.75, 3.05) is 26.8 Å². The van der Waals surface area contributed by atoms with Gasteiger partial charge in [0.05, 0.1) is 13.0 Å². The van der Waals surface area contributed by atoms with Crippen molar-refractivity contribution in [2.45, 2.75) is 18.9 Å². The predicted molar refractivity (Wildman–Crippen MR) is 113 cm³/mol. The predicted octanol–water partition coefficient (Wildman–Crippen LogP) is 2.51. The van der Waals surface area contributed by atoms with E-state index in [1.807, 2.05) is 54.6 Å². The molecule has 9 nitrogen and oxygen atoms in total. The van der Waals surface area contributed by atoms with E-state index in [-0.39, 0.29) is 31.5 Å². The molecule has 2 heterocycles. The zero-order chi connectivity index (χ0) is 22.3. The van der Waals surface area contributed by atoms with Crippen LogP contribution in [0.2, 0.25) is 0 Å². The van der Waals surface area contributed by atoms with Gasteiger partial charge in [0.1, 0.15) is 6.61 Å². The first kappa shape index (κ1) is 21.4. The first-order valence-corrected chi connectivity index (χ1v) is 10.2. The molecule has 0 saturated carbocycles. The fourth-order valence-electron chi connectivity index (χ4n) is 3.15. The summed E-state index contributed by atoms with van der Waals surface area (Å²) in [4.78, 5) is 30.1. The molecular formula is C23H23N3O6. The van der Waals surface area contributed by atoms with Crippen molar-refractivity contribution < 1.29 is 28.3 Å². The van der Waals surface area contributed by atoms with E-state index in [9.17, 15) is 9.59 Å². The van der Waals surface area contributed by atoms with Crippen LogP contribution in [0.15, 0.2) is 59.1 Å². The number of hydrogen-bond acceptors (Lipinski definition) is 8. The summed E-state index contributed by atoms with van der Waals surface area (Å²) < 4.78 is 21.8. The number of aryl methyl sites for hydroxylation is 1. The van der Waals surface area contributed by atoms with E-state index in [1.165, 1.54) is 4.90 Å². The van der Waals surface area contributed by atoms with Crippen LogP contribution in [0.1, 0.15) is 12.3 Å². The monoisotopic (exact) mass is 437 g/mol. The van der Waals surface area contributed by atoms with Crippen molar-refractivity contribution in [1.29, 1.82) is 0 Å². The van der Waals surface area contributed by atoms with E-state index in [0.717, 1.165) is 5.56 Å². The molecule has 0 aliphatic carbocycles. The highest BCUT2D eigenvalue weighted by Gasteiger charge is 2.24. The molecule has 32 heavy (non-hydrogen) atoms. The minimum absolute atomic E-state index is 0.0315. The Morgan fingerprint density at radius 3 is 2.66 bits per heavy atom. The molecule has 2 aromatic carbocycles. The van der Waals surface area contributed by atoms with Gasteiger partial charge < -0.3 is 23.6 Å². The highest BCUT2D eigenvalue weighted by Crippen LogP contribution is 2.30. The van der Waals surface area contributed by atoms with Crippen LogP contribution < -0.4 is 9.47 Å². The molecule has 1 unspecified atom stereocenters. The summed E-state index contributed by atoms with van der Waals surface area (Å²) in [7, 11) is 1.63. The average Bonchev–Trinajstić information content (AvgIpc) is 3.31. The van der Waals surface area contributed by atoms with Gasteiger partial charge in [-0.25, -0.2) is 0 Å². The van der Waals surface area contributed by atoms with Crippen LogP contribution in [0.25, 0.3) is 11.4 Å². The number of nitrogens with zero attached hydrogens (tertiary/aromatic N) is 3. The molecule has 1 amide bonds. The lowest BCUT2D eigenvalue weighted by Gasteiger charge is -2.29. The normalized spacial score (nSPS) is 14.6. The van der Waals surface area contributed by atoms with Crippen LogP contribution in [0.5, 0.6) is 11.5 Å². The fraction of sp³-hybridized carbons (Fsp3) is 0.304. The largest absolute Gasteiger partial charge is 0.486 e. The molecule has 0 spiro atoms. The van der Waals surface area contributed by atoms with Crippen LogP contribution in [0, 0.1) is 0 Å². The van der Waals surface area contributed by atoms with Crippen LogP contribution in [0.4, 0.5) is 0 Å². The standard InChI is InChI=1S/C23H23N3O6/c1-26(13-17-14-29-18-9-5-6-10-19(18)31-17)21(27)15-30-22(28)12-11-20-24-23(25-32-20)16-7-3-2-4-8-16/h2-10,17H,11-15H2,1H3. The third-order valence-electron chi connectivity index (χ3n) is 4.87. The second-order valence-electron chi connectivity index (χ2n) is 7.31. The smallest absolute Gasteiger partial charge is 0.306 e. The van der Waals surface area contributed by atoms with Crippen molar-refractivity contribution in [3.05, 3.63) is 60.5 Å². The molecule has 1 aromatic heterocycles. The highest BCUT2D eigenvalue weighted by molar-refractivity contribution is 5.80. The molecule has 166 valence electrons. The number of ether oxygens (including phenoxy) is 3. The molecule has 0 radical (unpaired) electrons. The number of esters is 1. The summed E-state index contributed by atoms with van der Waals surface area (Å²) in [6.07, 6.45) is -0.0371. The summed E-state index contributed by atoms with van der Waals surface area (Å²) in [6, 6.07) is 16.8. The Morgan fingerprint density at radius 2 is 1.84 bits per heavy atom. The van der Waals surface area contributed by atoms with E-state index in [4.69, 9.17) is 18.7 Å². The highest BCUT2D eigenvalue weighted by atomic mass is 16.6. The number of carbonyl (C=O) groups excluding carboxylic acids is 2. The zero-order valence-electron chi connectivity index (χ0n) is 17.6. The number of amides is 1. The topological polar surface area (TPSA) is 104 Å². The van der Waals surface area contributed by atoms with Gasteiger partial charge in [0, 0.05) is 19.0 Å². The molecular weight excluding hydrogens is 414 g/mol. The molecule has 1 aliphatic heterocycles. The van der Waals surface area contributed by atoms with Gasteiger partial charge in [-0.2, -0.15) is 4.98 Å². The van der Waals surface area contributed by atoms with Gasteiger partial charge >= 0.3 is 5.97 Å². The van der Waals surface area contributed by atoms with Crippen LogP contribution in [-0.2, 0) is 20.7 Å². The van der Waals surface area contributed by atoms with Crippen molar-refractivity contribution in [2.24, 2.45) is 0 Å². The molecule has 9 heteroatoms. The maximum atomic E-state index is 12.3. The summed E-state index contributed by atoms with van der Waals surface area (Å²) in [6.45, 7) is 0.303. The summed E-state index contributed by atoms with van der Waals surface area (Å²) in [5.74, 6) is 1.28. The number of likely N-dealkylation sites (N-methyl/N-ethyl adjacent to an activating group) is 1. The summed E-state index contributed by atoms with van der Waals surface area (Å²) in [5, 5.41) is 3.91. The number of benzene rings is 2. The Morgan fingerprint density at radius 1 is 1.09 bits per heavy atom. The third kappa shape index (κ3) is 5.42. The maximum Gasteiger partial charge on any atom is 0.306 e. The van der Waals surface area contributed by atoms with Crippen molar-refractivity contribution >= 4 is 11.9 Å². The molecule has 4 rings (SSSR count). The first-order chi connectivity index (χ1) is 15.6. The van der Waals surface area contributed by atoms with Gasteiger partial charge in [0.15, 0.2) is 24.2 Å². The van der Waals surface area contributed by atoms with Gasteiger partial charge in [-0.15, -0.1) is 0 Å². The molecule has 3 aromatic rings. The lowest BCUT2D eigenvalue weighted by atomic mass is 10.2. The van der Waals surface area contributed by atoms with Gasteiger partial charge in [-0.3, -0.25) is 9.59 Å². The minimum Gasteiger partial charge on any atom is -0.486 e. The summed E-state index contributed by atoms with van der Waals surface area (Å²) in [5.41, 5.74) is 0.828. The quantitative estimate of drug-likeness (QED) is 0.495. The molecule has 1 aliphatic rings. The Hall–Kier alpha value is -3.88. The molecule has 0 fully saturated rings. The fourth-order valence-corrected chi connectivity index (χ4v) is 3.15. The van der Waals surface area contributed by atoms with Crippen molar-refractivity contribution in [1.82, 2.24) is 15.0 Å². The molecule has 0 N–H and O–H groups in total. The molecule has 1 atom stereocenters. The van der Waals surface area contributed by atoms with Crippen LogP contribution in [-0.4, -0.2) is 59.8 Å². The minimum atomic E-state index is -0.516. The number of para-hydroxylation sites is 2. The maximum absolute atomic E-state index is 12.3. The number of fused-ring (bicyclic) bond motifs is 1. The number of hydrogen-bond donors (Lipinski definition) is 0. The Labute approximate surface area is 184 Å².